The number of phenolic OH excluding ortho intramolecular Hbond substituents is 4. The number of hydrogen-bond acceptors (Lipinski definition) is 9. The molecule has 0 bridgehead atoms. The highest BCUT2D eigenvalue weighted by Gasteiger charge is 2.80. The minimum absolute atomic E-state index is 0.181. The molecule has 9 heteroatoms. The van der Waals surface area contributed by atoms with Gasteiger partial charge in [-0.15, -0.1) is 0 Å². The molecule has 2 unspecified atom stereocenters. The zero-order valence-corrected chi connectivity index (χ0v) is 13.6. The Balaban J connectivity index is 1.84. The second-order valence-corrected chi connectivity index (χ2v) is 7.11. The Kier molecular flexibility index (Phi) is 2.60. The van der Waals surface area contributed by atoms with E-state index in [-0.39, 0.29) is 34.1 Å². The Morgan fingerprint density at radius 2 is 1.15 bits per heavy atom. The summed E-state index contributed by atoms with van der Waals surface area (Å²) in [5.74, 6) is -5.06. The number of ether oxygens (including phenoxy) is 2. The van der Waals surface area contributed by atoms with Crippen LogP contribution in [0.15, 0.2) is 24.3 Å². The predicted octanol–water partition coefficient (Wildman–Crippen LogP) is 0.428. The third-order valence-electron chi connectivity index (χ3n) is 5.46. The van der Waals surface area contributed by atoms with Crippen molar-refractivity contribution in [2.45, 2.75) is 29.8 Å². The molecule has 2 atom stereocenters. The highest BCUT2D eigenvalue weighted by molar-refractivity contribution is 5.86. The Morgan fingerprint density at radius 3 is 1.56 bits per heavy atom. The van der Waals surface area contributed by atoms with Crippen LogP contribution >= 0.6 is 0 Å². The van der Waals surface area contributed by atoms with Crippen LogP contribution < -0.4 is 9.47 Å². The Bertz CT molecular complexity index is 964. The maximum atomic E-state index is 12.4. The lowest BCUT2D eigenvalue weighted by atomic mass is 9.65. The first kappa shape index (κ1) is 16.0. The summed E-state index contributed by atoms with van der Waals surface area (Å²) in [7, 11) is 0. The number of phenols is 4. The number of aromatic hydroxyl groups is 4. The summed E-state index contributed by atoms with van der Waals surface area (Å²) in [4.78, 5) is 12.4. The van der Waals surface area contributed by atoms with E-state index in [1.54, 1.807) is 0 Å². The van der Waals surface area contributed by atoms with E-state index in [2.05, 4.69) is 0 Å². The molecule has 0 amide bonds. The van der Waals surface area contributed by atoms with Crippen LogP contribution in [0.25, 0.3) is 0 Å². The number of rotatable bonds is 0. The number of Topliss-reactive ketones (excluding diaryl/α,β-unsaturated/α-hetero) is 1. The van der Waals surface area contributed by atoms with E-state index in [9.17, 15) is 35.4 Å². The monoisotopic (exact) mass is 374 g/mol. The standard InChI is InChI=1S/C18H14O9/c19-7-1-10(22)14-12(3-7)26-18-16(14,24)5-9(21)6-17(18,25)15-11(23)2-8(20)4-13(15)27-18/h1-4,19-20,22-25H,5-6H2. The van der Waals surface area contributed by atoms with Gasteiger partial charge in [0.15, 0.2) is 11.2 Å². The summed E-state index contributed by atoms with van der Waals surface area (Å²) in [5.41, 5.74) is -5.07. The van der Waals surface area contributed by atoms with Crippen molar-refractivity contribution in [1.29, 1.82) is 0 Å². The normalized spacial score (nSPS) is 32.7. The van der Waals surface area contributed by atoms with Crippen LogP contribution in [-0.2, 0) is 16.0 Å². The second kappa shape index (κ2) is 4.38. The number of carbonyl (C=O) groups is 1. The van der Waals surface area contributed by atoms with Gasteiger partial charge >= 0.3 is 5.79 Å². The van der Waals surface area contributed by atoms with Crippen molar-refractivity contribution in [1.82, 2.24) is 0 Å². The molecule has 27 heavy (non-hydrogen) atoms. The van der Waals surface area contributed by atoms with Gasteiger partial charge in [-0.05, 0) is 0 Å². The van der Waals surface area contributed by atoms with Crippen molar-refractivity contribution in [3.63, 3.8) is 0 Å². The van der Waals surface area contributed by atoms with Gasteiger partial charge in [0.1, 0.15) is 40.3 Å². The third-order valence-corrected chi connectivity index (χ3v) is 5.46. The molecule has 140 valence electrons. The molecule has 9 nitrogen and oxygen atoms in total. The van der Waals surface area contributed by atoms with Crippen molar-refractivity contribution >= 4 is 5.78 Å². The Hall–Kier alpha value is -3.17. The summed E-state index contributed by atoms with van der Waals surface area (Å²) < 4.78 is 11.5. The van der Waals surface area contributed by atoms with Crippen LogP contribution in [0.2, 0.25) is 0 Å². The van der Waals surface area contributed by atoms with Crippen LogP contribution in [0.4, 0.5) is 0 Å². The first-order chi connectivity index (χ1) is 12.6. The van der Waals surface area contributed by atoms with Crippen LogP contribution in [0.3, 0.4) is 0 Å². The third kappa shape index (κ3) is 1.59. The largest absolute Gasteiger partial charge is 0.508 e. The average Bonchev–Trinajstić information content (AvgIpc) is 2.89. The van der Waals surface area contributed by atoms with Crippen LogP contribution in [0.1, 0.15) is 24.0 Å². The van der Waals surface area contributed by atoms with Crippen LogP contribution in [-0.4, -0.2) is 42.2 Å². The Labute approximate surface area is 151 Å². The van der Waals surface area contributed by atoms with E-state index >= 15 is 0 Å². The predicted molar refractivity (Wildman–Crippen MR) is 85.6 cm³/mol. The summed E-state index contributed by atoms with van der Waals surface area (Å²) in [6.45, 7) is 0. The molecule has 1 spiro atoms. The lowest BCUT2D eigenvalue weighted by Crippen LogP contribution is -2.69. The lowest BCUT2D eigenvalue weighted by Gasteiger charge is -2.47. The first-order valence-electron chi connectivity index (χ1n) is 8.09. The van der Waals surface area contributed by atoms with Gasteiger partial charge in [-0.1, -0.05) is 0 Å². The molecule has 3 aliphatic rings. The van der Waals surface area contributed by atoms with E-state index in [0.717, 1.165) is 24.3 Å². The number of hydrogen-bond donors (Lipinski definition) is 6. The molecule has 1 saturated carbocycles. The van der Waals surface area contributed by atoms with E-state index in [0.29, 0.717) is 0 Å². The van der Waals surface area contributed by atoms with Crippen LogP contribution in [0, 0.1) is 0 Å². The van der Waals surface area contributed by atoms with Gasteiger partial charge in [-0.3, -0.25) is 4.79 Å². The molecule has 0 saturated heterocycles. The summed E-state index contributed by atoms with van der Waals surface area (Å²) >= 11 is 0. The van der Waals surface area contributed by atoms with Gasteiger partial charge in [-0.2, -0.15) is 0 Å². The molecule has 2 aromatic rings. The molecule has 2 heterocycles. The zero-order valence-electron chi connectivity index (χ0n) is 13.6. The van der Waals surface area contributed by atoms with Crippen molar-refractivity contribution < 1.29 is 44.9 Å². The van der Waals surface area contributed by atoms with Crippen LogP contribution in [0.5, 0.6) is 34.5 Å². The first-order valence-corrected chi connectivity index (χ1v) is 8.09. The molecule has 2 aromatic carbocycles. The molecule has 1 fully saturated rings. The summed E-state index contributed by atoms with van der Waals surface area (Å²) in [6, 6.07) is 4.13. The number of aliphatic hydroxyl groups is 2. The zero-order chi connectivity index (χ0) is 19.4. The molecular weight excluding hydrogens is 360 g/mol. The smallest absolute Gasteiger partial charge is 0.319 e. The SMILES string of the molecule is O=C1CC2(O)c3c(O)cc(O)cc3OC23Oc2cc(O)cc(O)c2C3(O)C1. The van der Waals surface area contributed by atoms with Crippen molar-refractivity contribution in [3.05, 3.63) is 35.4 Å². The van der Waals surface area contributed by atoms with E-state index in [4.69, 9.17) is 9.47 Å². The van der Waals surface area contributed by atoms with Gasteiger partial charge in [0.2, 0.25) is 0 Å². The fraction of sp³-hybridized carbons (Fsp3) is 0.278. The fourth-order valence-electron chi connectivity index (χ4n) is 4.55. The van der Waals surface area contributed by atoms with Gasteiger partial charge in [0.05, 0.1) is 11.1 Å². The molecule has 6 N–H and O–H groups in total. The van der Waals surface area contributed by atoms with Crippen molar-refractivity contribution in [2.24, 2.45) is 0 Å². The summed E-state index contributed by atoms with van der Waals surface area (Å²) in [6.07, 6.45) is -1.08. The molecule has 5 rings (SSSR count). The minimum atomic E-state index is -2.31. The van der Waals surface area contributed by atoms with Gasteiger partial charge in [0.25, 0.3) is 0 Å². The topological polar surface area (TPSA) is 157 Å². The average molecular weight is 374 g/mol. The van der Waals surface area contributed by atoms with E-state index in [1.807, 2.05) is 0 Å². The summed E-state index contributed by atoms with van der Waals surface area (Å²) in [5, 5.41) is 62.9. The number of ketones is 1. The van der Waals surface area contributed by atoms with E-state index < -0.39 is 47.1 Å². The molecular formula is C18H14O9. The van der Waals surface area contributed by atoms with Gasteiger partial charge in [0, 0.05) is 37.1 Å². The minimum Gasteiger partial charge on any atom is -0.508 e. The highest BCUT2D eigenvalue weighted by atomic mass is 16.7. The molecule has 1 aliphatic carbocycles. The maximum absolute atomic E-state index is 12.4. The molecule has 0 radical (unpaired) electrons. The highest BCUT2D eigenvalue weighted by Crippen LogP contribution is 2.68. The Morgan fingerprint density at radius 1 is 0.741 bits per heavy atom. The fourth-order valence-corrected chi connectivity index (χ4v) is 4.55. The number of carbonyl (C=O) groups excluding carboxylic acids is 1. The molecule has 0 aromatic heterocycles. The second-order valence-electron chi connectivity index (χ2n) is 7.11. The van der Waals surface area contributed by atoms with Crippen molar-refractivity contribution in [2.75, 3.05) is 0 Å². The lowest BCUT2D eigenvalue weighted by molar-refractivity contribution is -0.311. The van der Waals surface area contributed by atoms with Gasteiger partial charge < -0.3 is 40.1 Å². The molecule has 2 aliphatic heterocycles. The van der Waals surface area contributed by atoms with Crippen molar-refractivity contribution in [3.8, 4) is 34.5 Å². The number of fused-ring (bicyclic) bond motifs is 4. The van der Waals surface area contributed by atoms with Gasteiger partial charge in [-0.25, -0.2) is 0 Å². The quantitative estimate of drug-likeness (QED) is 0.385. The van der Waals surface area contributed by atoms with E-state index in [1.165, 1.54) is 0 Å². The number of benzene rings is 2. The maximum Gasteiger partial charge on any atom is 0.319 e.